The maximum absolute atomic E-state index is 12.2. The van der Waals surface area contributed by atoms with Crippen molar-refractivity contribution in [2.45, 2.75) is 37.8 Å². The number of thioether (sulfide) groups is 1. The Morgan fingerprint density at radius 1 is 1.50 bits per heavy atom. The SMILES string of the molecule is CCSCCC(C)NS(=O)(=O)c1cnn(CCNC)c1. The van der Waals surface area contributed by atoms with E-state index in [4.69, 9.17) is 0 Å². The van der Waals surface area contributed by atoms with Crippen molar-refractivity contribution in [2.75, 3.05) is 25.1 Å². The van der Waals surface area contributed by atoms with E-state index >= 15 is 0 Å². The molecule has 0 spiro atoms. The van der Waals surface area contributed by atoms with Crippen LogP contribution in [-0.2, 0) is 16.6 Å². The molecule has 0 saturated carbocycles. The van der Waals surface area contributed by atoms with Gasteiger partial charge in [-0.25, -0.2) is 13.1 Å². The van der Waals surface area contributed by atoms with Crippen molar-refractivity contribution in [1.82, 2.24) is 19.8 Å². The third-order valence-electron chi connectivity index (χ3n) is 2.77. The standard InChI is InChI=1S/C12H24N4O2S2/c1-4-19-8-5-11(2)15-20(17,18)12-9-14-16(10-12)7-6-13-3/h9-11,13,15H,4-8H2,1-3H3. The molecule has 1 rings (SSSR count). The zero-order valence-electron chi connectivity index (χ0n) is 12.3. The topological polar surface area (TPSA) is 76.0 Å². The van der Waals surface area contributed by atoms with Crippen LogP contribution >= 0.6 is 11.8 Å². The Morgan fingerprint density at radius 3 is 2.90 bits per heavy atom. The minimum Gasteiger partial charge on any atom is -0.318 e. The summed E-state index contributed by atoms with van der Waals surface area (Å²) < 4.78 is 28.7. The monoisotopic (exact) mass is 320 g/mol. The first-order valence-electron chi connectivity index (χ1n) is 6.76. The normalized spacial score (nSPS) is 13.6. The van der Waals surface area contributed by atoms with Gasteiger partial charge >= 0.3 is 0 Å². The Hall–Kier alpha value is -0.570. The van der Waals surface area contributed by atoms with Gasteiger partial charge < -0.3 is 5.32 Å². The zero-order chi connectivity index (χ0) is 15.0. The minimum absolute atomic E-state index is 0.0697. The van der Waals surface area contributed by atoms with E-state index in [1.807, 2.05) is 25.7 Å². The maximum Gasteiger partial charge on any atom is 0.243 e. The van der Waals surface area contributed by atoms with Crippen molar-refractivity contribution in [1.29, 1.82) is 0 Å². The molecule has 0 bridgehead atoms. The molecule has 0 amide bonds. The van der Waals surface area contributed by atoms with Gasteiger partial charge in [0.2, 0.25) is 10.0 Å². The van der Waals surface area contributed by atoms with Gasteiger partial charge in [-0.2, -0.15) is 16.9 Å². The summed E-state index contributed by atoms with van der Waals surface area (Å²) in [4.78, 5) is 0.226. The fourth-order valence-corrected chi connectivity index (χ4v) is 3.67. The third kappa shape index (κ3) is 5.82. The first-order valence-corrected chi connectivity index (χ1v) is 9.40. The Bertz CT molecular complexity index is 487. The number of likely N-dealkylation sites (N-methyl/N-ethyl adjacent to an activating group) is 1. The molecule has 0 radical (unpaired) electrons. The van der Waals surface area contributed by atoms with Gasteiger partial charge in [0, 0.05) is 18.8 Å². The van der Waals surface area contributed by atoms with E-state index in [1.165, 1.54) is 6.20 Å². The number of sulfonamides is 1. The van der Waals surface area contributed by atoms with Crippen molar-refractivity contribution in [3.8, 4) is 0 Å². The van der Waals surface area contributed by atoms with Crippen LogP contribution in [0, 0.1) is 0 Å². The highest BCUT2D eigenvalue weighted by Crippen LogP contribution is 2.10. The van der Waals surface area contributed by atoms with Crippen LogP contribution < -0.4 is 10.0 Å². The van der Waals surface area contributed by atoms with Gasteiger partial charge in [0.15, 0.2) is 0 Å². The van der Waals surface area contributed by atoms with Crippen molar-refractivity contribution in [2.24, 2.45) is 0 Å². The molecule has 0 aliphatic heterocycles. The van der Waals surface area contributed by atoms with Crippen LogP contribution in [0.3, 0.4) is 0 Å². The van der Waals surface area contributed by atoms with Crippen molar-refractivity contribution < 1.29 is 8.42 Å². The van der Waals surface area contributed by atoms with Gasteiger partial charge in [0.1, 0.15) is 4.90 Å². The highest BCUT2D eigenvalue weighted by atomic mass is 32.2. The molecule has 0 saturated heterocycles. The average Bonchev–Trinajstić information content (AvgIpc) is 2.85. The highest BCUT2D eigenvalue weighted by molar-refractivity contribution is 7.99. The molecule has 0 aromatic carbocycles. The molecule has 1 atom stereocenters. The molecule has 1 aromatic rings. The van der Waals surface area contributed by atoms with Crippen LogP contribution in [-0.4, -0.2) is 49.3 Å². The fraction of sp³-hybridized carbons (Fsp3) is 0.750. The Morgan fingerprint density at radius 2 is 2.25 bits per heavy atom. The van der Waals surface area contributed by atoms with E-state index in [9.17, 15) is 8.42 Å². The van der Waals surface area contributed by atoms with Crippen LogP contribution in [0.5, 0.6) is 0 Å². The van der Waals surface area contributed by atoms with E-state index in [2.05, 4.69) is 22.1 Å². The quantitative estimate of drug-likeness (QED) is 0.627. The third-order valence-corrected chi connectivity index (χ3v) is 5.24. The second-order valence-electron chi connectivity index (χ2n) is 4.55. The number of nitrogens with zero attached hydrogens (tertiary/aromatic N) is 2. The molecule has 20 heavy (non-hydrogen) atoms. The molecular formula is C12H24N4O2S2. The molecule has 0 fully saturated rings. The molecule has 6 nitrogen and oxygen atoms in total. The summed E-state index contributed by atoms with van der Waals surface area (Å²) in [6, 6.07) is -0.0697. The van der Waals surface area contributed by atoms with Gasteiger partial charge in [0.25, 0.3) is 0 Å². The number of hydrogen-bond donors (Lipinski definition) is 2. The summed E-state index contributed by atoms with van der Waals surface area (Å²) in [6.45, 7) is 5.38. The van der Waals surface area contributed by atoms with Crippen LogP contribution in [0.2, 0.25) is 0 Å². The zero-order valence-corrected chi connectivity index (χ0v) is 13.9. The Kier molecular flexibility index (Phi) is 7.57. The van der Waals surface area contributed by atoms with Crippen molar-refractivity contribution in [3.63, 3.8) is 0 Å². The lowest BCUT2D eigenvalue weighted by atomic mass is 10.3. The lowest BCUT2D eigenvalue weighted by Gasteiger charge is -2.12. The van der Waals surface area contributed by atoms with E-state index in [-0.39, 0.29) is 10.9 Å². The van der Waals surface area contributed by atoms with Gasteiger partial charge in [-0.3, -0.25) is 4.68 Å². The predicted molar refractivity (Wildman–Crippen MR) is 83.6 cm³/mol. The Labute approximate surface area is 125 Å². The summed E-state index contributed by atoms with van der Waals surface area (Å²) >= 11 is 1.81. The second kappa shape index (κ2) is 8.66. The van der Waals surface area contributed by atoms with E-state index < -0.39 is 10.0 Å². The van der Waals surface area contributed by atoms with Gasteiger partial charge in [-0.05, 0) is 31.9 Å². The summed E-state index contributed by atoms with van der Waals surface area (Å²) in [5.74, 6) is 2.01. The number of rotatable bonds is 10. The van der Waals surface area contributed by atoms with E-state index in [0.29, 0.717) is 6.54 Å². The highest BCUT2D eigenvalue weighted by Gasteiger charge is 2.19. The first kappa shape index (κ1) is 17.5. The summed E-state index contributed by atoms with van der Waals surface area (Å²) in [5.41, 5.74) is 0. The molecule has 0 aliphatic rings. The molecule has 2 N–H and O–H groups in total. The summed E-state index contributed by atoms with van der Waals surface area (Å²) in [5, 5.41) is 7.05. The maximum atomic E-state index is 12.2. The molecule has 1 heterocycles. The van der Waals surface area contributed by atoms with Gasteiger partial charge in [-0.1, -0.05) is 6.92 Å². The summed E-state index contributed by atoms with van der Waals surface area (Å²) in [6.07, 6.45) is 3.78. The molecule has 116 valence electrons. The predicted octanol–water partition coefficient (Wildman–Crippen LogP) is 0.913. The Balaban J connectivity index is 2.57. The fourth-order valence-electron chi connectivity index (χ4n) is 1.63. The van der Waals surface area contributed by atoms with Crippen LogP contribution in [0.1, 0.15) is 20.3 Å². The lowest BCUT2D eigenvalue weighted by molar-refractivity contribution is 0.555. The van der Waals surface area contributed by atoms with E-state index in [1.54, 1.807) is 10.9 Å². The van der Waals surface area contributed by atoms with Crippen LogP contribution in [0.4, 0.5) is 0 Å². The van der Waals surface area contributed by atoms with Crippen molar-refractivity contribution in [3.05, 3.63) is 12.4 Å². The molecule has 0 aliphatic carbocycles. The number of aromatic nitrogens is 2. The molecule has 8 heteroatoms. The second-order valence-corrected chi connectivity index (χ2v) is 7.66. The molecule has 1 unspecified atom stereocenters. The van der Waals surface area contributed by atoms with Crippen molar-refractivity contribution >= 4 is 21.8 Å². The smallest absolute Gasteiger partial charge is 0.243 e. The van der Waals surface area contributed by atoms with Crippen LogP contribution in [0.25, 0.3) is 0 Å². The van der Waals surface area contributed by atoms with Gasteiger partial charge in [-0.15, -0.1) is 0 Å². The first-order chi connectivity index (χ1) is 9.49. The van der Waals surface area contributed by atoms with Gasteiger partial charge in [0.05, 0.1) is 12.7 Å². The molecule has 1 aromatic heterocycles. The summed E-state index contributed by atoms with van der Waals surface area (Å²) in [7, 11) is -1.62. The largest absolute Gasteiger partial charge is 0.318 e. The lowest BCUT2D eigenvalue weighted by Crippen LogP contribution is -2.32. The number of nitrogens with one attached hydrogen (secondary N) is 2. The van der Waals surface area contributed by atoms with Crippen LogP contribution in [0.15, 0.2) is 17.3 Å². The minimum atomic E-state index is -3.46. The molecular weight excluding hydrogens is 296 g/mol. The number of hydrogen-bond acceptors (Lipinski definition) is 5. The average molecular weight is 320 g/mol. The van der Waals surface area contributed by atoms with E-state index in [0.717, 1.165) is 24.5 Å².